The lowest BCUT2D eigenvalue weighted by molar-refractivity contribution is 0.402. The summed E-state index contributed by atoms with van der Waals surface area (Å²) in [6.07, 6.45) is 1.15. The highest BCUT2D eigenvalue weighted by atomic mass is 16.5. The second-order valence-electron chi connectivity index (χ2n) is 3.96. The first-order chi connectivity index (χ1) is 7.19. The summed E-state index contributed by atoms with van der Waals surface area (Å²) in [7, 11) is 1.73. The van der Waals surface area contributed by atoms with Crippen molar-refractivity contribution in [3.8, 4) is 5.75 Å². The van der Waals surface area contributed by atoms with Crippen molar-refractivity contribution in [1.29, 1.82) is 0 Å². The Balaban J connectivity index is 2.72. The Hall–Kier alpha value is -1.02. The van der Waals surface area contributed by atoms with Crippen LogP contribution in [0.15, 0.2) is 18.2 Å². The van der Waals surface area contributed by atoms with Crippen LogP contribution in [-0.4, -0.2) is 13.2 Å². The van der Waals surface area contributed by atoms with Gasteiger partial charge in [0.05, 0.1) is 7.11 Å². The minimum Gasteiger partial charge on any atom is -0.496 e. The van der Waals surface area contributed by atoms with Crippen LogP contribution in [0, 0.1) is 6.92 Å². The second-order valence-corrected chi connectivity index (χ2v) is 3.96. The predicted molar refractivity (Wildman–Crippen MR) is 64.3 cm³/mol. The summed E-state index contributed by atoms with van der Waals surface area (Å²) in [5.74, 6) is 1.01. The predicted octanol–water partition coefficient (Wildman–Crippen LogP) is 2.89. The number of hydrogen-bond acceptors (Lipinski definition) is 2. The first kappa shape index (κ1) is 12.1. The fourth-order valence-corrected chi connectivity index (χ4v) is 1.57. The van der Waals surface area contributed by atoms with Gasteiger partial charge in [0.1, 0.15) is 5.75 Å². The third-order valence-electron chi connectivity index (χ3n) is 2.75. The number of para-hydroxylation sites is 1. The molecule has 0 unspecified atom stereocenters. The zero-order valence-electron chi connectivity index (χ0n) is 10.1. The largest absolute Gasteiger partial charge is 0.496 e. The maximum atomic E-state index is 5.40. The van der Waals surface area contributed by atoms with Crippen LogP contribution in [0.2, 0.25) is 0 Å². The molecule has 0 bridgehead atoms. The summed E-state index contributed by atoms with van der Waals surface area (Å²) in [6.45, 7) is 7.33. The quantitative estimate of drug-likeness (QED) is 0.801. The molecule has 0 aliphatic rings. The SMILES string of the molecule is CC[C@@H](C)NCc1cccc(C)c1OC. The fraction of sp³-hybridized carbons (Fsp3) is 0.538. The van der Waals surface area contributed by atoms with Crippen molar-refractivity contribution in [2.24, 2.45) is 0 Å². The van der Waals surface area contributed by atoms with Crippen LogP contribution < -0.4 is 10.1 Å². The standard InChI is InChI=1S/C13H21NO/c1-5-11(3)14-9-12-8-6-7-10(2)13(12)15-4/h6-8,11,14H,5,9H2,1-4H3/t11-/m1/s1. The molecule has 1 atom stereocenters. The number of methoxy groups -OCH3 is 1. The van der Waals surface area contributed by atoms with E-state index in [4.69, 9.17) is 4.74 Å². The first-order valence-corrected chi connectivity index (χ1v) is 5.54. The van der Waals surface area contributed by atoms with Gasteiger partial charge in [0, 0.05) is 18.2 Å². The number of hydrogen-bond donors (Lipinski definition) is 1. The van der Waals surface area contributed by atoms with E-state index in [0.717, 1.165) is 18.7 Å². The Bertz CT molecular complexity index is 309. The Labute approximate surface area is 92.6 Å². The number of nitrogens with one attached hydrogen (secondary N) is 1. The highest BCUT2D eigenvalue weighted by Crippen LogP contribution is 2.22. The summed E-state index contributed by atoms with van der Waals surface area (Å²) in [6, 6.07) is 6.81. The molecule has 84 valence electrons. The molecule has 0 aliphatic heterocycles. The summed E-state index contributed by atoms with van der Waals surface area (Å²) in [4.78, 5) is 0. The molecule has 0 heterocycles. The summed E-state index contributed by atoms with van der Waals surface area (Å²) >= 11 is 0. The second kappa shape index (κ2) is 5.76. The minimum absolute atomic E-state index is 0.551. The Morgan fingerprint density at radius 1 is 1.40 bits per heavy atom. The van der Waals surface area contributed by atoms with Gasteiger partial charge in [-0.2, -0.15) is 0 Å². The van der Waals surface area contributed by atoms with Gasteiger partial charge in [-0.05, 0) is 25.8 Å². The van der Waals surface area contributed by atoms with Crippen molar-refractivity contribution in [3.05, 3.63) is 29.3 Å². The van der Waals surface area contributed by atoms with Crippen molar-refractivity contribution in [2.75, 3.05) is 7.11 Å². The van der Waals surface area contributed by atoms with E-state index in [0.29, 0.717) is 6.04 Å². The molecular formula is C13H21NO. The van der Waals surface area contributed by atoms with Gasteiger partial charge in [-0.25, -0.2) is 0 Å². The molecule has 2 nitrogen and oxygen atoms in total. The fourth-order valence-electron chi connectivity index (χ4n) is 1.57. The van der Waals surface area contributed by atoms with Gasteiger partial charge in [0.2, 0.25) is 0 Å². The lowest BCUT2D eigenvalue weighted by Crippen LogP contribution is -2.24. The van der Waals surface area contributed by atoms with Crippen LogP contribution in [0.1, 0.15) is 31.4 Å². The van der Waals surface area contributed by atoms with Crippen LogP contribution in [0.25, 0.3) is 0 Å². The highest BCUT2D eigenvalue weighted by Gasteiger charge is 2.06. The molecule has 1 aromatic carbocycles. The molecule has 0 aliphatic carbocycles. The lowest BCUT2D eigenvalue weighted by Gasteiger charge is -2.15. The highest BCUT2D eigenvalue weighted by molar-refractivity contribution is 5.40. The van der Waals surface area contributed by atoms with E-state index in [1.54, 1.807) is 7.11 Å². The topological polar surface area (TPSA) is 21.3 Å². The van der Waals surface area contributed by atoms with Crippen LogP contribution in [0.5, 0.6) is 5.75 Å². The van der Waals surface area contributed by atoms with E-state index in [9.17, 15) is 0 Å². The summed E-state index contributed by atoms with van der Waals surface area (Å²) in [5, 5.41) is 3.47. The van der Waals surface area contributed by atoms with E-state index < -0.39 is 0 Å². The summed E-state index contributed by atoms with van der Waals surface area (Å²) in [5.41, 5.74) is 2.43. The van der Waals surface area contributed by atoms with Crippen molar-refractivity contribution in [2.45, 2.75) is 39.8 Å². The molecule has 1 rings (SSSR count). The van der Waals surface area contributed by atoms with E-state index in [1.165, 1.54) is 11.1 Å². The Morgan fingerprint density at radius 3 is 2.73 bits per heavy atom. The molecule has 0 radical (unpaired) electrons. The number of ether oxygens (including phenoxy) is 1. The molecule has 15 heavy (non-hydrogen) atoms. The molecule has 1 aromatic rings. The van der Waals surface area contributed by atoms with E-state index in [2.05, 4.69) is 44.3 Å². The minimum atomic E-state index is 0.551. The Morgan fingerprint density at radius 2 is 2.13 bits per heavy atom. The van der Waals surface area contributed by atoms with Crippen LogP contribution in [0.4, 0.5) is 0 Å². The van der Waals surface area contributed by atoms with E-state index >= 15 is 0 Å². The van der Waals surface area contributed by atoms with Gasteiger partial charge in [-0.1, -0.05) is 25.1 Å². The lowest BCUT2D eigenvalue weighted by atomic mass is 10.1. The van der Waals surface area contributed by atoms with E-state index in [-0.39, 0.29) is 0 Å². The first-order valence-electron chi connectivity index (χ1n) is 5.54. The van der Waals surface area contributed by atoms with Gasteiger partial charge < -0.3 is 10.1 Å². The monoisotopic (exact) mass is 207 g/mol. The smallest absolute Gasteiger partial charge is 0.126 e. The maximum absolute atomic E-state index is 5.40. The van der Waals surface area contributed by atoms with Crippen LogP contribution >= 0.6 is 0 Å². The molecule has 0 amide bonds. The van der Waals surface area contributed by atoms with Crippen molar-refractivity contribution in [3.63, 3.8) is 0 Å². The van der Waals surface area contributed by atoms with Gasteiger partial charge >= 0.3 is 0 Å². The molecule has 2 heteroatoms. The zero-order chi connectivity index (χ0) is 11.3. The van der Waals surface area contributed by atoms with Gasteiger partial charge in [-0.3, -0.25) is 0 Å². The molecular weight excluding hydrogens is 186 g/mol. The summed E-state index contributed by atoms with van der Waals surface area (Å²) < 4.78 is 5.40. The number of benzene rings is 1. The van der Waals surface area contributed by atoms with Gasteiger partial charge in [0.25, 0.3) is 0 Å². The van der Waals surface area contributed by atoms with Crippen molar-refractivity contribution in [1.82, 2.24) is 5.32 Å². The van der Waals surface area contributed by atoms with Gasteiger partial charge in [0.15, 0.2) is 0 Å². The Kier molecular flexibility index (Phi) is 4.63. The van der Waals surface area contributed by atoms with E-state index in [1.807, 2.05) is 0 Å². The van der Waals surface area contributed by atoms with Crippen molar-refractivity contribution >= 4 is 0 Å². The van der Waals surface area contributed by atoms with Crippen LogP contribution in [0.3, 0.4) is 0 Å². The molecule has 0 fully saturated rings. The molecule has 0 spiro atoms. The average molecular weight is 207 g/mol. The van der Waals surface area contributed by atoms with Crippen molar-refractivity contribution < 1.29 is 4.74 Å². The molecule has 0 aromatic heterocycles. The third kappa shape index (κ3) is 3.24. The molecule has 0 saturated heterocycles. The van der Waals surface area contributed by atoms with Gasteiger partial charge in [-0.15, -0.1) is 0 Å². The number of aryl methyl sites for hydroxylation is 1. The third-order valence-corrected chi connectivity index (χ3v) is 2.75. The average Bonchev–Trinajstić information content (AvgIpc) is 2.25. The maximum Gasteiger partial charge on any atom is 0.126 e. The molecule has 0 saturated carbocycles. The normalized spacial score (nSPS) is 12.5. The zero-order valence-corrected chi connectivity index (χ0v) is 10.1. The molecule has 1 N–H and O–H groups in total. The number of rotatable bonds is 5. The van der Waals surface area contributed by atoms with Crippen LogP contribution in [-0.2, 0) is 6.54 Å².